The highest BCUT2D eigenvalue weighted by Crippen LogP contribution is 2.19. The van der Waals surface area contributed by atoms with E-state index in [4.69, 9.17) is 0 Å². The summed E-state index contributed by atoms with van der Waals surface area (Å²) in [5.41, 5.74) is 0. The molecule has 0 saturated carbocycles. The van der Waals surface area contributed by atoms with Crippen LogP contribution in [-0.2, 0) is 0 Å². The van der Waals surface area contributed by atoms with E-state index in [0.29, 0.717) is 0 Å². The Morgan fingerprint density at radius 3 is 2.56 bits per heavy atom. The molecule has 1 aliphatic rings. The number of hydrogen-bond donors (Lipinski definition) is 1. The van der Waals surface area contributed by atoms with Gasteiger partial charge in [0, 0.05) is 13.1 Å². The fourth-order valence-corrected chi connectivity index (χ4v) is 2.54. The molecule has 2 heteroatoms. The molecule has 0 radical (unpaired) electrons. The van der Waals surface area contributed by atoms with Crippen LogP contribution in [0.2, 0.25) is 0 Å². The van der Waals surface area contributed by atoms with Gasteiger partial charge in [0.2, 0.25) is 0 Å². The number of likely N-dealkylation sites (tertiary alicyclic amines) is 1. The molecule has 0 spiro atoms. The summed E-state index contributed by atoms with van der Waals surface area (Å²) in [6.07, 6.45) is 2.78. The number of nitrogens with one attached hydrogen (secondary N) is 1. The van der Waals surface area contributed by atoms with Gasteiger partial charge in [0.25, 0.3) is 0 Å². The van der Waals surface area contributed by atoms with Crippen LogP contribution in [0.5, 0.6) is 0 Å². The van der Waals surface area contributed by atoms with Crippen LogP contribution in [0.1, 0.15) is 40.5 Å². The largest absolute Gasteiger partial charge is 0.316 e. The van der Waals surface area contributed by atoms with Crippen molar-refractivity contribution in [1.82, 2.24) is 10.2 Å². The average molecular weight is 226 g/mol. The van der Waals surface area contributed by atoms with E-state index in [1.807, 2.05) is 0 Å². The molecule has 1 N–H and O–H groups in total. The zero-order chi connectivity index (χ0) is 12.0. The Kier molecular flexibility index (Phi) is 6.37. The molecule has 2 atom stereocenters. The lowest BCUT2D eigenvalue weighted by atomic mass is 10.1. The summed E-state index contributed by atoms with van der Waals surface area (Å²) in [6, 6.07) is 0. The topological polar surface area (TPSA) is 15.3 Å². The predicted molar refractivity (Wildman–Crippen MR) is 71.7 cm³/mol. The van der Waals surface area contributed by atoms with Crippen molar-refractivity contribution in [3.8, 4) is 0 Å². The summed E-state index contributed by atoms with van der Waals surface area (Å²) in [7, 11) is 0. The molecule has 0 aliphatic carbocycles. The third-order valence-electron chi connectivity index (χ3n) is 3.56. The highest BCUT2D eigenvalue weighted by atomic mass is 15.1. The van der Waals surface area contributed by atoms with Crippen LogP contribution in [0.15, 0.2) is 0 Å². The van der Waals surface area contributed by atoms with E-state index in [0.717, 1.165) is 24.3 Å². The zero-order valence-corrected chi connectivity index (χ0v) is 11.6. The first kappa shape index (κ1) is 14.0. The molecule has 2 unspecified atom stereocenters. The van der Waals surface area contributed by atoms with Gasteiger partial charge in [-0.3, -0.25) is 0 Å². The summed E-state index contributed by atoms with van der Waals surface area (Å²) in [6.45, 7) is 15.5. The van der Waals surface area contributed by atoms with Crippen molar-refractivity contribution in [2.45, 2.75) is 40.5 Å². The molecule has 0 aromatic carbocycles. The summed E-state index contributed by atoms with van der Waals surface area (Å²) in [5.74, 6) is 2.52. The van der Waals surface area contributed by atoms with Crippen molar-refractivity contribution < 1.29 is 0 Å². The molecule has 1 fully saturated rings. The maximum Gasteiger partial charge on any atom is 0.00193 e. The molecular formula is C14H30N2. The van der Waals surface area contributed by atoms with Crippen molar-refractivity contribution in [2.24, 2.45) is 17.8 Å². The molecule has 16 heavy (non-hydrogen) atoms. The van der Waals surface area contributed by atoms with Crippen LogP contribution in [0.3, 0.4) is 0 Å². The molecular weight excluding hydrogens is 196 g/mol. The molecule has 0 amide bonds. The molecule has 0 bridgehead atoms. The predicted octanol–water partition coefficient (Wildman–Crippen LogP) is 2.60. The Balaban J connectivity index is 2.08. The highest BCUT2D eigenvalue weighted by Gasteiger charge is 2.21. The van der Waals surface area contributed by atoms with E-state index in [1.165, 1.54) is 39.0 Å². The number of nitrogens with zero attached hydrogens (tertiary/aromatic N) is 1. The van der Waals surface area contributed by atoms with Gasteiger partial charge in [0.15, 0.2) is 0 Å². The molecule has 0 aromatic rings. The molecule has 96 valence electrons. The van der Waals surface area contributed by atoms with Crippen LogP contribution in [0.4, 0.5) is 0 Å². The van der Waals surface area contributed by atoms with E-state index >= 15 is 0 Å². The highest BCUT2D eigenvalue weighted by molar-refractivity contribution is 4.76. The first-order chi connectivity index (χ1) is 7.61. The van der Waals surface area contributed by atoms with Gasteiger partial charge in [0.1, 0.15) is 0 Å². The summed E-state index contributed by atoms with van der Waals surface area (Å²) in [4.78, 5) is 2.65. The van der Waals surface area contributed by atoms with Gasteiger partial charge >= 0.3 is 0 Å². The fourth-order valence-electron chi connectivity index (χ4n) is 2.54. The Morgan fingerprint density at radius 1 is 1.25 bits per heavy atom. The van der Waals surface area contributed by atoms with Gasteiger partial charge in [-0.05, 0) is 43.8 Å². The second-order valence-corrected chi connectivity index (χ2v) is 5.98. The lowest BCUT2D eigenvalue weighted by Gasteiger charge is -2.21. The quantitative estimate of drug-likeness (QED) is 0.718. The minimum absolute atomic E-state index is 0.767. The Labute approximate surface area is 102 Å². The molecule has 1 saturated heterocycles. The SMILES string of the molecule is CCC1CCN(CC(C)CNCC(C)C)C1. The molecule has 1 aliphatic heterocycles. The first-order valence-electron chi connectivity index (χ1n) is 7.04. The molecule has 1 heterocycles. The second-order valence-electron chi connectivity index (χ2n) is 5.98. The molecule has 1 rings (SSSR count). The van der Waals surface area contributed by atoms with E-state index in [-0.39, 0.29) is 0 Å². The van der Waals surface area contributed by atoms with E-state index in [9.17, 15) is 0 Å². The monoisotopic (exact) mass is 226 g/mol. The van der Waals surface area contributed by atoms with Crippen LogP contribution in [0, 0.1) is 17.8 Å². The van der Waals surface area contributed by atoms with Gasteiger partial charge in [-0.1, -0.05) is 34.1 Å². The van der Waals surface area contributed by atoms with E-state index in [1.54, 1.807) is 0 Å². The van der Waals surface area contributed by atoms with Crippen LogP contribution < -0.4 is 5.32 Å². The standard InChI is InChI=1S/C14H30N2/c1-5-14-6-7-16(11-14)10-13(4)9-15-8-12(2)3/h12-15H,5-11H2,1-4H3. The lowest BCUT2D eigenvalue weighted by Crippen LogP contribution is -2.33. The first-order valence-corrected chi connectivity index (χ1v) is 7.04. The second kappa shape index (κ2) is 7.29. The third-order valence-corrected chi connectivity index (χ3v) is 3.56. The van der Waals surface area contributed by atoms with Gasteiger partial charge in [-0.2, -0.15) is 0 Å². The zero-order valence-electron chi connectivity index (χ0n) is 11.6. The van der Waals surface area contributed by atoms with Crippen LogP contribution in [0.25, 0.3) is 0 Å². The lowest BCUT2D eigenvalue weighted by molar-refractivity contribution is 0.271. The molecule has 0 aromatic heterocycles. The average Bonchev–Trinajstić information content (AvgIpc) is 2.65. The van der Waals surface area contributed by atoms with Crippen molar-refractivity contribution in [3.05, 3.63) is 0 Å². The summed E-state index contributed by atoms with van der Waals surface area (Å²) < 4.78 is 0. The van der Waals surface area contributed by atoms with Crippen LogP contribution >= 0.6 is 0 Å². The maximum absolute atomic E-state index is 3.56. The molecule has 2 nitrogen and oxygen atoms in total. The maximum atomic E-state index is 3.56. The minimum atomic E-state index is 0.767. The smallest absolute Gasteiger partial charge is 0.00193 e. The van der Waals surface area contributed by atoms with Gasteiger partial charge in [-0.25, -0.2) is 0 Å². The number of rotatable bonds is 7. The van der Waals surface area contributed by atoms with E-state index < -0.39 is 0 Å². The fraction of sp³-hybridized carbons (Fsp3) is 1.00. The minimum Gasteiger partial charge on any atom is -0.316 e. The summed E-state index contributed by atoms with van der Waals surface area (Å²) >= 11 is 0. The van der Waals surface area contributed by atoms with Gasteiger partial charge in [0.05, 0.1) is 0 Å². The normalized spacial score (nSPS) is 24.2. The Morgan fingerprint density at radius 2 is 2.00 bits per heavy atom. The van der Waals surface area contributed by atoms with Crippen LogP contribution in [-0.4, -0.2) is 37.6 Å². The third kappa shape index (κ3) is 5.31. The Bertz CT molecular complexity index is 180. The summed E-state index contributed by atoms with van der Waals surface area (Å²) in [5, 5.41) is 3.56. The van der Waals surface area contributed by atoms with Gasteiger partial charge < -0.3 is 10.2 Å². The van der Waals surface area contributed by atoms with Crippen molar-refractivity contribution >= 4 is 0 Å². The van der Waals surface area contributed by atoms with E-state index in [2.05, 4.69) is 37.9 Å². The van der Waals surface area contributed by atoms with Gasteiger partial charge in [-0.15, -0.1) is 0 Å². The van der Waals surface area contributed by atoms with Crippen molar-refractivity contribution in [1.29, 1.82) is 0 Å². The van der Waals surface area contributed by atoms with Crippen molar-refractivity contribution in [2.75, 3.05) is 32.7 Å². The van der Waals surface area contributed by atoms with Crippen molar-refractivity contribution in [3.63, 3.8) is 0 Å². The number of hydrogen-bond acceptors (Lipinski definition) is 2. The Hall–Kier alpha value is -0.0800.